The highest BCUT2D eigenvalue weighted by molar-refractivity contribution is 7.99. The second-order valence-corrected chi connectivity index (χ2v) is 12.2. The number of hydrogen-bond donors (Lipinski definition) is 11. The number of benzene rings is 1. The molecule has 2 rings (SSSR count). The van der Waals surface area contributed by atoms with Crippen LogP contribution in [0, 0.1) is 0 Å². The van der Waals surface area contributed by atoms with Crippen LogP contribution in [0.15, 0.2) is 17.0 Å². The number of carboxylic acids is 2. The van der Waals surface area contributed by atoms with Crippen LogP contribution in [0.2, 0.25) is 0 Å². The van der Waals surface area contributed by atoms with Gasteiger partial charge >= 0.3 is 11.9 Å². The maximum Gasteiger partial charge on any atom is 0.335 e. The Morgan fingerprint density at radius 3 is 2.34 bits per heavy atom. The van der Waals surface area contributed by atoms with Crippen LogP contribution in [-0.2, 0) is 28.7 Å². The van der Waals surface area contributed by atoms with Crippen molar-refractivity contribution in [1.29, 1.82) is 0 Å². The molecule has 0 bridgehead atoms. The first-order valence-corrected chi connectivity index (χ1v) is 15.5. The molecule has 5 unspecified atom stereocenters. The number of thiol groups is 1. The Labute approximate surface area is 277 Å². The van der Waals surface area contributed by atoms with Crippen LogP contribution in [0.25, 0.3) is 0 Å². The molecule has 0 aliphatic carbocycles. The number of nitrogens with one attached hydrogen (secondary N) is 3. The molecule has 1 aromatic carbocycles. The van der Waals surface area contributed by atoms with Gasteiger partial charge in [-0.2, -0.15) is 12.6 Å². The average molecular weight is 707 g/mol. The van der Waals surface area contributed by atoms with Crippen LogP contribution in [0.4, 0.5) is 0 Å². The van der Waals surface area contributed by atoms with Gasteiger partial charge in [0.15, 0.2) is 6.10 Å². The number of aliphatic carboxylic acids is 2. The number of phenolic OH excluding ortho intramolecular Hbond substituents is 1. The van der Waals surface area contributed by atoms with E-state index in [1.807, 2.05) is 0 Å². The van der Waals surface area contributed by atoms with Gasteiger partial charge in [0.05, 0.1) is 22.8 Å². The molecule has 1 aliphatic rings. The van der Waals surface area contributed by atoms with Crippen molar-refractivity contribution in [2.75, 3.05) is 18.8 Å². The molecule has 0 saturated carbocycles. The molecule has 18 nitrogen and oxygen atoms in total. The number of ether oxygens (including phenoxy) is 2. The number of amides is 3. The molecule has 11 N–H and O–H groups in total. The molecule has 1 fully saturated rings. The first-order chi connectivity index (χ1) is 21.9. The maximum absolute atomic E-state index is 12.9. The first kappa shape index (κ1) is 39.5. The number of thioether (sulfide) groups is 1. The zero-order chi connectivity index (χ0) is 35.6. The van der Waals surface area contributed by atoms with Gasteiger partial charge < -0.3 is 61.8 Å². The summed E-state index contributed by atoms with van der Waals surface area (Å²) in [6, 6.07) is -0.601. The van der Waals surface area contributed by atoms with Crippen molar-refractivity contribution in [2.45, 2.75) is 79.6 Å². The lowest BCUT2D eigenvalue weighted by atomic mass is 10.0. The van der Waals surface area contributed by atoms with E-state index < -0.39 is 89.2 Å². The van der Waals surface area contributed by atoms with Crippen molar-refractivity contribution < 1.29 is 68.9 Å². The number of Topliss-reactive ketones (excluding diaryl/α,β-unsaturated/α-hetero) is 1. The van der Waals surface area contributed by atoms with Gasteiger partial charge in [-0.15, -0.1) is 11.8 Å². The number of hydrogen-bond acceptors (Lipinski definition) is 15. The lowest BCUT2D eigenvalue weighted by molar-refractivity contribution is -0.234. The quantitative estimate of drug-likeness (QED) is 0.0575. The summed E-state index contributed by atoms with van der Waals surface area (Å²) in [7, 11) is 0. The van der Waals surface area contributed by atoms with E-state index >= 15 is 0 Å². The zero-order valence-corrected chi connectivity index (χ0v) is 26.9. The highest BCUT2D eigenvalue weighted by Crippen LogP contribution is 2.40. The van der Waals surface area contributed by atoms with E-state index in [2.05, 4.69) is 28.6 Å². The largest absolute Gasteiger partial charge is 0.507 e. The summed E-state index contributed by atoms with van der Waals surface area (Å²) in [4.78, 5) is 72.1. The van der Waals surface area contributed by atoms with Crippen molar-refractivity contribution in [3.8, 4) is 11.5 Å². The summed E-state index contributed by atoms with van der Waals surface area (Å²) >= 11 is 4.76. The second kappa shape index (κ2) is 18.0. The van der Waals surface area contributed by atoms with Gasteiger partial charge in [0.1, 0.15) is 41.6 Å². The van der Waals surface area contributed by atoms with Crippen molar-refractivity contribution in [1.82, 2.24) is 16.0 Å². The Hall–Kier alpha value is -3.66. The van der Waals surface area contributed by atoms with Gasteiger partial charge in [-0.1, -0.05) is 0 Å². The summed E-state index contributed by atoms with van der Waals surface area (Å²) < 4.78 is 11.0. The SMILES string of the molecule is CC(=O)CNC(=O)C(CSc1c(O)cc(C(=O)NCC(C)O)cc1OC1OC(C(=O)O)[C@@H](O)[C@H](S)[C@H]1O)NC(=O)CCC(N)C(=O)O. The summed E-state index contributed by atoms with van der Waals surface area (Å²) in [5.74, 6) is -6.99. The Balaban J connectivity index is 2.44. The molecular formula is C27H38N4O14S2. The van der Waals surface area contributed by atoms with E-state index in [4.69, 9.17) is 20.3 Å². The van der Waals surface area contributed by atoms with Gasteiger partial charge in [-0.3, -0.25) is 24.0 Å². The minimum atomic E-state index is -1.88. The fourth-order valence-electron chi connectivity index (χ4n) is 3.93. The van der Waals surface area contributed by atoms with Crippen LogP contribution >= 0.6 is 24.4 Å². The highest BCUT2D eigenvalue weighted by atomic mass is 32.2. The van der Waals surface area contributed by atoms with Crippen molar-refractivity contribution in [3.05, 3.63) is 17.7 Å². The number of nitrogens with two attached hydrogens (primary N) is 1. The van der Waals surface area contributed by atoms with Crippen molar-refractivity contribution >= 4 is 59.8 Å². The molecule has 20 heteroatoms. The Bertz CT molecular complexity index is 1330. The topological polar surface area (TPSA) is 304 Å². The molecule has 262 valence electrons. The number of carboxylic acid groups (broad SMARTS) is 2. The summed E-state index contributed by atoms with van der Waals surface area (Å²) in [6.07, 6.45) is -8.70. The molecule has 0 radical (unpaired) electrons. The van der Waals surface area contributed by atoms with Crippen molar-refractivity contribution in [2.24, 2.45) is 5.73 Å². The predicted octanol–water partition coefficient (Wildman–Crippen LogP) is -2.81. The number of rotatable bonds is 17. The first-order valence-electron chi connectivity index (χ1n) is 14.0. The lowest BCUT2D eigenvalue weighted by Gasteiger charge is -2.39. The third kappa shape index (κ3) is 11.8. The molecule has 47 heavy (non-hydrogen) atoms. The molecule has 0 aromatic heterocycles. The Kier molecular flexibility index (Phi) is 15.2. The third-order valence-corrected chi connectivity index (χ3v) is 8.28. The highest BCUT2D eigenvalue weighted by Gasteiger charge is 2.47. The molecule has 8 atom stereocenters. The monoisotopic (exact) mass is 706 g/mol. The second-order valence-electron chi connectivity index (χ2n) is 10.6. The van der Waals surface area contributed by atoms with E-state index in [9.17, 15) is 54.3 Å². The maximum atomic E-state index is 12.9. The number of carbonyl (C=O) groups excluding carboxylic acids is 4. The van der Waals surface area contributed by atoms with Gasteiger partial charge in [-0.05, 0) is 32.4 Å². The Morgan fingerprint density at radius 1 is 1.11 bits per heavy atom. The molecular weight excluding hydrogens is 668 g/mol. The van der Waals surface area contributed by atoms with Crippen LogP contribution < -0.4 is 26.4 Å². The number of phenols is 1. The smallest absolute Gasteiger partial charge is 0.335 e. The van der Waals surface area contributed by atoms with E-state index in [-0.39, 0.29) is 47.9 Å². The minimum absolute atomic E-state index is 0.162. The number of aliphatic hydroxyl groups is 3. The predicted molar refractivity (Wildman–Crippen MR) is 165 cm³/mol. The number of ketones is 1. The summed E-state index contributed by atoms with van der Waals surface area (Å²) in [5.41, 5.74) is 5.23. The number of aromatic hydroxyl groups is 1. The standard InChI is InChI=1S/C27H38N4O14S2/c1-10(32)7-29-23(38)12-5-15(34)22(16(6-12)44-27-19(37)21(46)18(36)20(45-27)26(42)43)47-9-14(24(39)30-8-11(2)33)31-17(35)4-3-13(28)25(40)41/h5-6,10,13-14,18-21,27,32,34,36-37,46H,3-4,7-9,28H2,1-2H3,(H,29,38)(H,30,39)(H,31,35)(H,40,41)(H,42,43)/t10?,13?,14?,18-,19-,20?,21+,27?/m1/s1. The van der Waals surface area contributed by atoms with Crippen LogP contribution in [0.1, 0.15) is 37.0 Å². The molecule has 1 heterocycles. The van der Waals surface area contributed by atoms with Crippen molar-refractivity contribution in [3.63, 3.8) is 0 Å². The average Bonchev–Trinajstić information content (AvgIpc) is 2.99. The van der Waals surface area contributed by atoms with Gasteiger partial charge in [0, 0.05) is 24.3 Å². The minimum Gasteiger partial charge on any atom is -0.507 e. The number of carbonyl (C=O) groups is 6. The van der Waals surface area contributed by atoms with E-state index in [1.165, 1.54) is 13.8 Å². The number of aliphatic hydroxyl groups excluding tert-OH is 3. The Morgan fingerprint density at radius 2 is 1.77 bits per heavy atom. The summed E-state index contributed by atoms with van der Waals surface area (Å²) in [5, 5.41) is 65.5. The third-order valence-electron chi connectivity index (χ3n) is 6.47. The van der Waals surface area contributed by atoms with E-state index in [1.54, 1.807) is 0 Å². The molecule has 3 amide bonds. The van der Waals surface area contributed by atoms with Gasteiger partial charge in [0.25, 0.3) is 5.91 Å². The molecule has 1 aliphatic heterocycles. The molecule has 0 spiro atoms. The fraction of sp³-hybridized carbons (Fsp3) is 0.556. The van der Waals surface area contributed by atoms with E-state index in [0.29, 0.717) is 11.8 Å². The zero-order valence-electron chi connectivity index (χ0n) is 25.2. The normalized spacial score (nSPS) is 22.7. The van der Waals surface area contributed by atoms with E-state index in [0.717, 1.165) is 12.1 Å². The fourth-order valence-corrected chi connectivity index (χ4v) is 5.25. The van der Waals surface area contributed by atoms with Crippen LogP contribution in [0.5, 0.6) is 11.5 Å². The summed E-state index contributed by atoms with van der Waals surface area (Å²) in [6.45, 7) is 2.08. The van der Waals surface area contributed by atoms with Gasteiger partial charge in [-0.25, -0.2) is 4.79 Å². The van der Waals surface area contributed by atoms with Gasteiger partial charge in [0.2, 0.25) is 18.1 Å². The lowest BCUT2D eigenvalue weighted by Crippen LogP contribution is -2.59. The van der Waals surface area contributed by atoms with Crippen LogP contribution in [-0.4, -0.2) is 133 Å². The van der Waals surface area contributed by atoms with Crippen LogP contribution in [0.3, 0.4) is 0 Å². The molecule has 1 saturated heterocycles. The molecule has 1 aromatic rings.